The SMILES string of the molecule is C=CCNC(=O)C(=O)C(CCC)NC(=O)[C@@H]1[C@@H](C(C)C)CCN1C(=O)[C@@H](NC(=O)[C@@H](NC(=O)c1ccccn1)C1CCCCC1)C(C)(C)C. The van der Waals surface area contributed by atoms with Crippen LogP contribution in [-0.2, 0) is 24.0 Å². The van der Waals surface area contributed by atoms with Gasteiger partial charge in [-0.2, -0.15) is 0 Å². The third kappa shape index (κ3) is 10.4. The highest BCUT2D eigenvalue weighted by atomic mass is 16.2. The first-order valence-corrected chi connectivity index (χ1v) is 17.8. The van der Waals surface area contributed by atoms with Gasteiger partial charge in [0.25, 0.3) is 11.8 Å². The van der Waals surface area contributed by atoms with Crippen molar-refractivity contribution < 1.29 is 28.8 Å². The van der Waals surface area contributed by atoms with Crippen LogP contribution in [0, 0.1) is 23.2 Å². The Balaban J connectivity index is 1.89. The molecule has 12 heteroatoms. The highest BCUT2D eigenvalue weighted by Gasteiger charge is 2.48. The van der Waals surface area contributed by atoms with Crippen LogP contribution >= 0.6 is 0 Å². The molecular formula is C37H56N6O6. The number of Topliss-reactive ketones (excluding diaryl/α,β-unsaturated/α-hetero) is 1. The van der Waals surface area contributed by atoms with E-state index in [9.17, 15) is 28.8 Å². The summed E-state index contributed by atoms with van der Waals surface area (Å²) in [4.78, 5) is 87.0. The smallest absolute Gasteiger partial charge is 0.289 e. The van der Waals surface area contributed by atoms with Gasteiger partial charge < -0.3 is 26.2 Å². The molecule has 2 aliphatic rings. The standard InChI is InChI=1S/C37H56N6O6/c1-8-15-26(30(44)35(48)39-20-9-2)40-34(47)29-25(23(3)4)19-22-43(29)36(49)31(37(5,6)7)42-33(46)28(24-16-11-10-12-17-24)41-32(45)27-18-13-14-21-38-27/h9,13-14,18,21,23-26,28-29,31H,2,8,10-12,15-17,19-20,22H2,1,3-7H3,(H,39,48)(H,40,47)(H,41,45)(H,42,46)/t25-,26?,28+,29+,31-/m1/s1. The first kappa shape index (κ1) is 39.3. The molecule has 12 nitrogen and oxygen atoms in total. The van der Waals surface area contributed by atoms with Crippen LogP contribution in [0.15, 0.2) is 37.1 Å². The first-order chi connectivity index (χ1) is 23.2. The zero-order valence-corrected chi connectivity index (χ0v) is 30.1. The Bertz CT molecular complexity index is 1340. The van der Waals surface area contributed by atoms with Crippen LogP contribution in [0.5, 0.6) is 0 Å². The quantitative estimate of drug-likeness (QED) is 0.163. The Morgan fingerprint density at radius 1 is 1.00 bits per heavy atom. The van der Waals surface area contributed by atoms with Gasteiger partial charge in [-0.15, -0.1) is 6.58 Å². The van der Waals surface area contributed by atoms with Crippen molar-refractivity contribution in [3.05, 3.63) is 42.7 Å². The van der Waals surface area contributed by atoms with Crippen molar-refractivity contribution >= 4 is 35.3 Å². The van der Waals surface area contributed by atoms with Crippen LogP contribution in [0.25, 0.3) is 0 Å². The fourth-order valence-corrected chi connectivity index (χ4v) is 6.95. The van der Waals surface area contributed by atoms with Gasteiger partial charge in [0.1, 0.15) is 23.8 Å². The van der Waals surface area contributed by atoms with E-state index in [1.165, 1.54) is 17.2 Å². The number of ketones is 1. The lowest BCUT2D eigenvalue weighted by molar-refractivity contribution is -0.146. The fourth-order valence-electron chi connectivity index (χ4n) is 6.95. The number of pyridine rings is 1. The van der Waals surface area contributed by atoms with Crippen LogP contribution in [-0.4, -0.2) is 82.5 Å². The summed E-state index contributed by atoms with van der Waals surface area (Å²) in [7, 11) is 0. The lowest BCUT2D eigenvalue weighted by atomic mass is 9.82. The highest BCUT2D eigenvalue weighted by molar-refractivity contribution is 6.38. The van der Waals surface area contributed by atoms with E-state index >= 15 is 0 Å². The van der Waals surface area contributed by atoms with E-state index in [4.69, 9.17) is 0 Å². The Morgan fingerprint density at radius 3 is 2.27 bits per heavy atom. The van der Waals surface area contributed by atoms with E-state index < -0.39 is 64.9 Å². The summed E-state index contributed by atoms with van der Waals surface area (Å²) in [5.41, 5.74) is -0.557. The topological polar surface area (TPSA) is 167 Å². The zero-order chi connectivity index (χ0) is 36.3. The summed E-state index contributed by atoms with van der Waals surface area (Å²) in [5.74, 6) is -3.68. The van der Waals surface area contributed by atoms with Gasteiger partial charge in [-0.3, -0.25) is 33.8 Å². The number of nitrogens with zero attached hydrogens (tertiary/aromatic N) is 2. The maximum absolute atomic E-state index is 14.5. The molecule has 1 aliphatic heterocycles. The van der Waals surface area contributed by atoms with Crippen LogP contribution in [0.2, 0.25) is 0 Å². The summed E-state index contributed by atoms with van der Waals surface area (Å²) in [5, 5.41) is 11.2. The Morgan fingerprint density at radius 2 is 1.69 bits per heavy atom. The van der Waals surface area contributed by atoms with Gasteiger partial charge in [-0.05, 0) is 61.0 Å². The highest BCUT2D eigenvalue weighted by Crippen LogP contribution is 2.34. The molecule has 270 valence electrons. The van der Waals surface area contributed by atoms with Gasteiger partial charge in [-0.1, -0.05) is 79.4 Å². The molecule has 1 aromatic rings. The lowest BCUT2D eigenvalue weighted by Gasteiger charge is -2.38. The summed E-state index contributed by atoms with van der Waals surface area (Å²) in [6.45, 7) is 15.3. The second kappa shape index (κ2) is 18.1. The van der Waals surface area contributed by atoms with E-state index in [0.717, 1.165) is 32.1 Å². The average Bonchev–Trinajstić information content (AvgIpc) is 3.54. The predicted molar refractivity (Wildman–Crippen MR) is 187 cm³/mol. The number of aromatic nitrogens is 1. The number of amides is 5. The van der Waals surface area contributed by atoms with Crippen LogP contribution in [0.4, 0.5) is 0 Å². The van der Waals surface area contributed by atoms with Crippen LogP contribution in [0.1, 0.15) is 103 Å². The van der Waals surface area contributed by atoms with Gasteiger partial charge in [-0.25, -0.2) is 0 Å². The molecule has 1 saturated carbocycles. The molecule has 2 heterocycles. The molecule has 49 heavy (non-hydrogen) atoms. The summed E-state index contributed by atoms with van der Waals surface area (Å²) in [6, 6.07) is 1.15. The number of rotatable bonds is 15. The second-order valence-electron chi connectivity index (χ2n) is 14.8. The molecule has 0 bridgehead atoms. The molecule has 3 rings (SSSR count). The minimum absolute atomic E-state index is 0.0323. The number of carbonyl (C=O) groups is 6. The van der Waals surface area contributed by atoms with Crippen molar-refractivity contribution in [2.75, 3.05) is 13.1 Å². The first-order valence-electron chi connectivity index (χ1n) is 17.8. The third-order valence-electron chi connectivity index (χ3n) is 9.68. The Labute approximate surface area is 291 Å². The van der Waals surface area contributed by atoms with E-state index in [1.807, 2.05) is 41.5 Å². The molecule has 1 unspecified atom stereocenters. The number of hydrogen-bond donors (Lipinski definition) is 4. The molecule has 1 saturated heterocycles. The molecule has 4 N–H and O–H groups in total. The van der Waals surface area contributed by atoms with Crippen molar-refractivity contribution in [1.82, 2.24) is 31.2 Å². The Hall–Kier alpha value is -4.09. The maximum atomic E-state index is 14.5. The van der Waals surface area contributed by atoms with Crippen molar-refractivity contribution in [3.63, 3.8) is 0 Å². The lowest BCUT2D eigenvalue weighted by Crippen LogP contribution is -2.62. The molecular weight excluding hydrogens is 624 g/mol. The minimum Gasteiger partial charge on any atom is -0.346 e. The number of carbonyl (C=O) groups excluding carboxylic acids is 6. The number of hydrogen-bond acceptors (Lipinski definition) is 7. The van der Waals surface area contributed by atoms with Crippen LogP contribution < -0.4 is 21.3 Å². The summed E-state index contributed by atoms with van der Waals surface area (Å²) < 4.78 is 0. The van der Waals surface area contributed by atoms with E-state index in [2.05, 4.69) is 32.8 Å². The monoisotopic (exact) mass is 680 g/mol. The normalized spacial score (nSPS) is 20.1. The fraction of sp³-hybridized carbons (Fsp3) is 0.649. The van der Waals surface area contributed by atoms with Gasteiger partial charge >= 0.3 is 0 Å². The second-order valence-corrected chi connectivity index (χ2v) is 14.8. The Kier molecular flexibility index (Phi) is 14.5. The van der Waals surface area contributed by atoms with Crippen molar-refractivity contribution in [3.8, 4) is 0 Å². The van der Waals surface area contributed by atoms with Gasteiger partial charge in [0.15, 0.2) is 0 Å². The van der Waals surface area contributed by atoms with Crippen LogP contribution in [0.3, 0.4) is 0 Å². The van der Waals surface area contributed by atoms with Gasteiger partial charge in [0, 0.05) is 19.3 Å². The zero-order valence-electron chi connectivity index (χ0n) is 30.1. The van der Waals surface area contributed by atoms with Gasteiger partial charge in [0.05, 0.1) is 6.04 Å². The average molecular weight is 681 g/mol. The predicted octanol–water partition coefficient (Wildman–Crippen LogP) is 3.32. The molecule has 0 spiro atoms. The molecule has 1 aromatic heterocycles. The van der Waals surface area contributed by atoms with E-state index in [0.29, 0.717) is 12.8 Å². The van der Waals surface area contributed by atoms with Crippen molar-refractivity contribution in [1.29, 1.82) is 0 Å². The van der Waals surface area contributed by atoms with Gasteiger partial charge in [0.2, 0.25) is 23.5 Å². The maximum Gasteiger partial charge on any atom is 0.289 e. The van der Waals surface area contributed by atoms with E-state index in [-0.39, 0.29) is 43.0 Å². The number of nitrogens with one attached hydrogen (secondary N) is 4. The minimum atomic E-state index is -1.05. The van der Waals surface area contributed by atoms with Crippen molar-refractivity contribution in [2.24, 2.45) is 23.2 Å². The molecule has 0 aromatic carbocycles. The molecule has 2 fully saturated rings. The molecule has 5 amide bonds. The third-order valence-corrected chi connectivity index (χ3v) is 9.68. The molecule has 5 atom stereocenters. The number of likely N-dealkylation sites (tertiary alicyclic amines) is 1. The van der Waals surface area contributed by atoms with Crippen molar-refractivity contribution in [2.45, 2.75) is 117 Å². The molecule has 0 radical (unpaired) electrons. The summed E-state index contributed by atoms with van der Waals surface area (Å²) in [6.07, 6.45) is 8.81. The summed E-state index contributed by atoms with van der Waals surface area (Å²) >= 11 is 0. The largest absolute Gasteiger partial charge is 0.346 e. The molecule has 1 aliphatic carbocycles. The van der Waals surface area contributed by atoms with E-state index in [1.54, 1.807) is 18.2 Å².